The van der Waals surface area contributed by atoms with Crippen LogP contribution < -0.4 is 10.6 Å². The summed E-state index contributed by atoms with van der Waals surface area (Å²) in [6, 6.07) is 4.00. The Kier molecular flexibility index (Phi) is 5.25. The summed E-state index contributed by atoms with van der Waals surface area (Å²) in [5.74, 6) is 0.756. The van der Waals surface area contributed by atoms with Crippen LogP contribution in [0.1, 0.15) is 17.7 Å². The van der Waals surface area contributed by atoms with E-state index < -0.39 is 0 Å². The summed E-state index contributed by atoms with van der Waals surface area (Å²) in [5.41, 5.74) is 0. The highest BCUT2D eigenvalue weighted by Gasteiger charge is 2.20. The Bertz CT molecular complexity index is 325. The monoisotopic (exact) mass is 260 g/mol. The lowest BCUT2D eigenvalue weighted by atomic mass is 10.0. The third-order valence-electron chi connectivity index (χ3n) is 2.79. The second-order valence-corrected chi connectivity index (χ2v) is 4.99. The van der Waals surface area contributed by atoms with Gasteiger partial charge in [-0.25, -0.2) is 0 Å². The van der Waals surface area contributed by atoms with Crippen LogP contribution in [-0.4, -0.2) is 25.5 Å². The van der Waals surface area contributed by atoms with E-state index in [4.69, 9.17) is 0 Å². The van der Waals surface area contributed by atoms with Gasteiger partial charge in [-0.15, -0.1) is 23.7 Å². The Labute approximate surface area is 106 Å². The zero-order chi connectivity index (χ0) is 10.7. The topological polar surface area (TPSA) is 41.1 Å². The number of carbonyl (C=O) groups excluding carboxylic acids is 1. The maximum Gasteiger partial charge on any atom is 0.228 e. The number of thiophene rings is 1. The largest absolute Gasteiger partial charge is 0.355 e. The second kappa shape index (κ2) is 6.23. The molecule has 2 rings (SSSR count). The molecule has 2 N–H and O–H groups in total. The minimum Gasteiger partial charge on any atom is -0.355 e. The van der Waals surface area contributed by atoms with Crippen molar-refractivity contribution in [1.29, 1.82) is 0 Å². The zero-order valence-electron chi connectivity index (χ0n) is 9.23. The van der Waals surface area contributed by atoms with Crippen molar-refractivity contribution < 1.29 is 4.79 Å². The van der Waals surface area contributed by atoms with Crippen molar-refractivity contribution in [3.63, 3.8) is 0 Å². The van der Waals surface area contributed by atoms with Crippen molar-refractivity contribution in [1.82, 2.24) is 10.6 Å². The quantitative estimate of drug-likeness (QED) is 0.864. The molecule has 0 radical (unpaired) electrons. The smallest absolute Gasteiger partial charge is 0.228 e. The van der Waals surface area contributed by atoms with Crippen molar-refractivity contribution >= 4 is 29.7 Å². The molecule has 1 amide bonds. The third kappa shape index (κ3) is 3.20. The Morgan fingerprint density at radius 3 is 2.94 bits per heavy atom. The van der Waals surface area contributed by atoms with Crippen molar-refractivity contribution in [2.45, 2.75) is 12.8 Å². The first-order chi connectivity index (χ1) is 7.27. The van der Waals surface area contributed by atoms with Gasteiger partial charge >= 0.3 is 0 Å². The van der Waals surface area contributed by atoms with Crippen molar-refractivity contribution in [3.8, 4) is 0 Å². The molecule has 1 atom stereocenters. The number of halogens is 1. The first kappa shape index (κ1) is 13.5. The van der Waals surface area contributed by atoms with E-state index in [2.05, 4.69) is 10.6 Å². The number of rotatable bonds is 4. The van der Waals surface area contributed by atoms with E-state index in [1.165, 1.54) is 0 Å². The van der Waals surface area contributed by atoms with Crippen LogP contribution in [0.5, 0.6) is 0 Å². The molecule has 90 valence electrons. The second-order valence-electron chi connectivity index (χ2n) is 4.01. The van der Waals surface area contributed by atoms with E-state index in [1.54, 1.807) is 11.3 Å². The van der Waals surface area contributed by atoms with Gasteiger partial charge in [0.2, 0.25) is 5.91 Å². The Hall–Kier alpha value is -0.580. The van der Waals surface area contributed by atoms with E-state index in [9.17, 15) is 4.79 Å². The minimum absolute atomic E-state index is 0. The van der Waals surface area contributed by atoms with Crippen LogP contribution in [0.25, 0.3) is 0 Å². The lowest BCUT2D eigenvalue weighted by molar-refractivity contribution is -0.122. The molecular weight excluding hydrogens is 244 g/mol. The van der Waals surface area contributed by atoms with Crippen LogP contribution in [0.15, 0.2) is 17.5 Å². The van der Waals surface area contributed by atoms with Gasteiger partial charge in [0.1, 0.15) is 0 Å². The fourth-order valence-electron chi connectivity index (χ4n) is 1.56. The lowest BCUT2D eigenvalue weighted by Crippen LogP contribution is -2.48. The molecular formula is C11H17ClN2OS. The molecule has 1 aromatic heterocycles. The van der Waals surface area contributed by atoms with Crippen LogP contribution in [0.4, 0.5) is 0 Å². The normalized spacial score (nSPS) is 17.1. The molecule has 0 aliphatic carbocycles. The highest BCUT2D eigenvalue weighted by atomic mass is 35.5. The number of hydrogen-bond donors (Lipinski definition) is 2. The van der Waals surface area contributed by atoms with Crippen LogP contribution >= 0.6 is 23.7 Å². The van der Waals surface area contributed by atoms with Gasteiger partial charge < -0.3 is 10.6 Å². The van der Waals surface area contributed by atoms with E-state index in [0.717, 1.165) is 24.5 Å². The van der Waals surface area contributed by atoms with Gasteiger partial charge in [0, 0.05) is 30.4 Å². The number of amides is 1. The summed E-state index contributed by atoms with van der Waals surface area (Å²) in [6.45, 7) is 4.84. The van der Waals surface area contributed by atoms with Crippen LogP contribution in [0.3, 0.4) is 0 Å². The predicted molar refractivity (Wildman–Crippen MR) is 69.4 cm³/mol. The zero-order valence-corrected chi connectivity index (χ0v) is 10.9. The average molecular weight is 261 g/mol. The van der Waals surface area contributed by atoms with Gasteiger partial charge in [0.25, 0.3) is 0 Å². The molecule has 1 unspecified atom stereocenters. The van der Waals surface area contributed by atoms with E-state index in [1.807, 2.05) is 24.4 Å². The first-order valence-electron chi connectivity index (χ1n) is 5.29. The van der Waals surface area contributed by atoms with Gasteiger partial charge in [-0.1, -0.05) is 6.07 Å². The standard InChI is InChI=1S/C11H16N2OS.ClH/c1-8(10-3-2-4-15-10)11(14)13-7-9-5-12-6-9;/h2-4,8-9,12H,5-7H2,1H3,(H,13,14);1H. The summed E-state index contributed by atoms with van der Waals surface area (Å²) < 4.78 is 0. The maximum absolute atomic E-state index is 11.8. The SMILES string of the molecule is CC(C(=O)NCC1CNC1)c1cccs1.Cl. The summed E-state index contributed by atoms with van der Waals surface area (Å²) in [4.78, 5) is 12.9. The van der Waals surface area contributed by atoms with Gasteiger partial charge in [0.05, 0.1) is 5.92 Å². The Morgan fingerprint density at radius 1 is 1.69 bits per heavy atom. The molecule has 3 nitrogen and oxygen atoms in total. The van der Waals surface area contributed by atoms with Gasteiger partial charge in [0.15, 0.2) is 0 Å². The summed E-state index contributed by atoms with van der Waals surface area (Å²) in [6.07, 6.45) is 0. The summed E-state index contributed by atoms with van der Waals surface area (Å²) >= 11 is 1.64. The molecule has 0 aromatic carbocycles. The van der Waals surface area contributed by atoms with Crippen LogP contribution in [-0.2, 0) is 4.79 Å². The number of nitrogens with one attached hydrogen (secondary N) is 2. The molecule has 1 aliphatic heterocycles. The van der Waals surface area contributed by atoms with Crippen LogP contribution in [0.2, 0.25) is 0 Å². The number of carbonyl (C=O) groups is 1. The molecule has 1 aromatic rings. The fraction of sp³-hybridized carbons (Fsp3) is 0.545. The molecule has 0 bridgehead atoms. The molecule has 1 saturated heterocycles. The van der Waals surface area contributed by atoms with E-state index >= 15 is 0 Å². The molecule has 0 spiro atoms. The molecule has 1 aliphatic rings. The summed E-state index contributed by atoms with van der Waals surface area (Å²) in [7, 11) is 0. The van der Waals surface area contributed by atoms with Gasteiger partial charge in [-0.3, -0.25) is 4.79 Å². The minimum atomic E-state index is -0.0157. The first-order valence-corrected chi connectivity index (χ1v) is 6.17. The average Bonchev–Trinajstić information content (AvgIpc) is 2.66. The highest BCUT2D eigenvalue weighted by Crippen LogP contribution is 2.20. The van der Waals surface area contributed by atoms with Crippen molar-refractivity contribution in [2.75, 3.05) is 19.6 Å². The fourth-order valence-corrected chi connectivity index (χ4v) is 2.34. The maximum atomic E-state index is 11.8. The molecule has 5 heteroatoms. The van der Waals surface area contributed by atoms with Crippen molar-refractivity contribution in [2.24, 2.45) is 5.92 Å². The predicted octanol–water partition coefficient (Wildman–Crippen LogP) is 1.61. The molecule has 1 fully saturated rings. The highest BCUT2D eigenvalue weighted by molar-refractivity contribution is 7.10. The summed E-state index contributed by atoms with van der Waals surface area (Å²) in [5, 5.41) is 8.20. The lowest BCUT2D eigenvalue weighted by Gasteiger charge is -2.27. The van der Waals surface area contributed by atoms with Gasteiger partial charge in [-0.2, -0.15) is 0 Å². The number of hydrogen-bond acceptors (Lipinski definition) is 3. The third-order valence-corrected chi connectivity index (χ3v) is 3.85. The Morgan fingerprint density at radius 2 is 2.44 bits per heavy atom. The van der Waals surface area contributed by atoms with Crippen LogP contribution in [0, 0.1) is 5.92 Å². The van der Waals surface area contributed by atoms with Crippen molar-refractivity contribution in [3.05, 3.63) is 22.4 Å². The van der Waals surface area contributed by atoms with E-state index in [0.29, 0.717) is 5.92 Å². The van der Waals surface area contributed by atoms with Gasteiger partial charge in [-0.05, 0) is 18.4 Å². The molecule has 16 heavy (non-hydrogen) atoms. The molecule has 2 heterocycles. The molecule has 0 saturated carbocycles. The Balaban J connectivity index is 0.00000128. The van der Waals surface area contributed by atoms with E-state index in [-0.39, 0.29) is 24.2 Å².